The first-order chi connectivity index (χ1) is 10.1. The van der Waals surface area contributed by atoms with Gasteiger partial charge in [-0.05, 0) is 19.4 Å². The van der Waals surface area contributed by atoms with Crippen LogP contribution in [-0.2, 0) is 4.79 Å². The zero-order valence-corrected chi connectivity index (χ0v) is 12.1. The Labute approximate surface area is 125 Å². The number of carboxylic acid groups (broad SMARTS) is 1. The molecule has 0 aliphatic heterocycles. The maximum Gasteiger partial charge on any atom is 0.303 e. The molecule has 0 aromatic carbocycles. The van der Waals surface area contributed by atoms with E-state index in [0.29, 0.717) is 22.1 Å². The van der Waals surface area contributed by atoms with Crippen LogP contribution in [0.25, 0.3) is 10.8 Å². The molecule has 2 rings (SSSR count). The lowest BCUT2D eigenvalue weighted by Gasteiger charge is -2.11. The average Bonchev–Trinajstić information content (AvgIpc) is 2.96. The predicted octanol–water partition coefficient (Wildman–Crippen LogP) is 1.58. The van der Waals surface area contributed by atoms with Crippen molar-refractivity contribution in [1.82, 2.24) is 20.3 Å². The zero-order valence-electron chi connectivity index (χ0n) is 11.3. The highest BCUT2D eigenvalue weighted by Gasteiger charge is 2.15. The molecule has 0 spiro atoms. The molecule has 7 nitrogen and oxygen atoms in total. The summed E-state index contributed by atoms with van der Waals surface area (Å²) in [5, 5.41) is 11.9. The van der Waals surface area contributed by atoms with E-state index in [-0.39, 0.29) is 18.4 Å². The molecule has 21 heavy (non-hydrogen) atoms. The van der Waals surface area contributed by atoms with Gasteiger partial charge in [-0.3, -0.25) is 9.59 Å². The van der Waals surface area contributed by atoms with Crippen LogP contribution in [0.15, 0.2) is 24.7 Å². The number of carbonyl (C=O) groups is 2. The van der Waals surface area contributed by atoms with Gasteiger partial charge < -0.3 is 10.4 Å². The van der Waals surface area contributed by atoms with Crippen LogP contribution in [-0.4, -0.2) is 38.0 Å². The van der Waals surface area contributed by atoms with Gasteiger partial charge in [-0.25, -0.2) is 15.0 Å². The van der Waals surface area contributed by atoms with E-state index in [2.05, 4.69) is 20.3 Å². The summed E-state index contributed by atoms with van der Waals surface area (Å²) in [4.78, 5) is 35.2. The molecule has 0 aliphatic rings. The minimum absolute atomic E-state index is 0.0211. The zero-order chi connectivity index (χ0) is 15.2. The second-order valence-electron chi connectivity index (χ2n) is 4.41. The van der Waals surface area contributed by atoms with Crippen molar-refractivity contribution >= 4 is 23.2 Å². The van der Waals surface area contributed by atoms with Crippen molar-refractivity contribution < 1.29 is 14.7 Å². The monoisotopic (exact) mass is 306 g/mol. The summed E-state index contributed by atoms with van der Waals surface area (Å²) < 4.78 is 0. The third kappa shape index (κ3) is 4.32. The molecule has 1 unspecified atom stereocenters. The van der Waals surface area contributed by atoms with Gasteiger partial charge in [0, 0.05) is 24.9 Å². The van der Waals surface area contributed by atoms with Crippen LogP contribution < -0.4 is 5.32 Å². The second-order valence-corrected chi connectivity index (χ2v) is 5.44. The predicted molar refractivity (Wildman–Crippen MR) is 76.9 cm³/mol. The van der Waals surface area contributed by atoms with E-state index in [1.807, 2.05) is 0 Å². The first-order valence-electron chi connectivity index (χ1n) is 6.32. The molecule has 8 heteroatoms. The van der Waals surface area contributed by atoms with E-state index in [1.54, 1.807) is 25.4 Å². The molecule has 110 valence electrons. The van der Waals surface area contributed by atoms with Crippen molar-refractivity contribution in [2.75, 3.05) is 0 Å². The lowest BCUT2D eigenvalue weighted by molar-refractivity contribution is -0.137. The maximum atomic E-state index is 12.0. The third-order valence-corrected chi connectivity index (χ3v) is 3.65. The van der Waals surface area contributed by atoms with Gasteiger partial charge in [0.2, 0.25) is 0 Å². The fraction of sp³-hybridized carbons (Fsp3) is 0.308. The smallest absolute Gasteiger partial charge is 0.303 e. The molecule has 2 aromatic rings. The van der Waals surface area contributed by atoms with Crippen LogP contribution in [0.1, 0.15) is 29.4 Å². The SMILES string of the molecule is CC(CCC(=O)O)NC(=O)c1cnc(-c2ncccn2)s1. The summed E-state index contributed by atoms with van der Waals surface area (Å²) in [6.45, 7) is 1.77. The Balaban J connectivity index is 1.98. The fourth-order valence-electron chi connectivity index (χ4n) is 1.60. The molecule has 0 saturated heterocycles. The van der Waals surface area contributed by atoms with Crippen molar-refractivity contribution in [2.45, 2.75) is 25.8 Å². The Morgan fingerprint density at radius 1 is 1.33 bits per heavy atom. The van der Waals surface area contributed by atoms with Gasteiger partial charge in [-0.1, -0.05) is 0 Å². The van der Waals surface area contributed by atoms with Crippen molar-refractivity contribution in [3.8, 4) is 10.8 Å². The van der Waals surface area contributed by atoms with Gasteiger partial charge in [0.1, 0.15) is 4.88 Å². The number of nitrogens with one attached hydrogen (secondary N) is 1. The highest BCUT2D eigenvalue weighted by molar-refractivity contribution is 7.16. The van der Waals surface area contributed by atoms with Crippen molar-refractivity contribution in [1.29, 1.82) is 0 Å². The Morgan fingerprint density at radius 2 is 2.05 bits per heavy atom. The Kier molecular flexibility index (Phi) is 4.94. The van der Waals surface area contributed by atoms with Crippen LogP contribution in [0, 0.1) is 0 Å². The molecule has 2 N–H and O–H groups in total. The molecule has 0 radical (unpaired) electrons. The minimum Gasteiger partial charge on any atom is -0.481 e. The topological polar surface area (TPSA) is 105 Å². The van der Waals surface area contributed by atoms with Crippen LogP contribution in [0.3, 0.4) is 0 Å². The van der Waals surface area contributed by atoms with Gasteiger partial charge >= 0.3 is 5.97 Å². The Bertz CT molecular complexity index is 629. The Hall–Kier alpha value is -2.35. The molecule has 0 saturated carbocycles. The quantitative estimate of drug-likeness (QED) is 0.839. The number of amides is 1. The van der Waals surface area contributed by atoms with Crippen LogP contribution in [0.4, 0.5) is 0 Å². The number of aliphatic carboxylic acids is 1. The highest BCUT2D eigenvalue weighted by Crippen LogP contribution is 2.21. The normalized spacial score (nSPS) is 11.9. The number of carbonyl (C=O) groups excluding carboxylic acids is 1. The second kappa shape index (κ2) is 6.89. The van der Waals surface area contributed by atoms with E-state index >= 15 is 0 Å². The third-order valence-electron chi connectivity index (χ3n) is 2.66. The van der Waals surface area contributed by atoms with Crippen LogP contribution in [0.5, 0.6) is 0 Å². The van der Waals surface area contributed by atoms with Gasteiger partial charge in [0.25, 0.3) is 5.91 Å². The number of aromatic nitrogens is 3. The summed E-state index contributed by atoms with van der Waals surface area (Å²) in [6.07, 6.45) is 5.09. The number of hydrogen-bond donors (Lipinski definition) is 2. The molecular formula is C13H14N4O3S. The van der Waals surface area contributed by atoms with E-state index in [4.69, 9.17) is 5.11 Å². The number of nitrogens with zero attached hydrogens (tertiary/aromatic N) is 3. The molecule has 0 aliphatic carbocycles. The summed E-state index contributed by atoms with van der Waals surface area (Å²) in [7, 11) is 0. The van der Waals surface area contributed by atoms with E-state index < -0.39 is 5.97 Å². The lowest BCUT2D eigenvalue weighted by atomic mass is 10.2. The standard InChI is InChI=1S/C13H14N4O3S/c1-8(3-4-10(18)19)17-12(20)9-7-16-13(21-9)11-14-5-2-6-15-11/h2,5-8H,3-4H2,1H3,(H,17,20)(H,18,19). The molecule has 0 fully saturated rings. The van der Waals surface area contributed by atoms with Gasteiger partial charge in [-0.2, -0.15) is 0 Å². The number of carboxylic acids is 1. The first-order valence-corrected chi connectivity index (χ1v) is 7.14. The minimum atomic E-state index is -0.877. The molecule has 1 amide bonds. The van der Waals surface area contributed by atoms with E-state index in [9.17, 15) is 9.59 Å². The van der Waals surface area contributed by atoms with Crippen LogP contribution in [0.2, 0.25) is 0 Å². The number of hydrogen-bond acceptors (Lipinski definition) is 6. The summed E-state index contributed by atoms with van der Waals surface area (Å²) in [5.74, 6) is -0.676. The van der Waals surface area contributed by atoms with Gasteiger partial charge in [0.15, 0.2) is 10.8 Å². The fourth-order valence-corrected chi connectivity index (χ4v) is 2.37. The number of thiazole rings is 1. The number of rotatable bonds is 6. The van der Waals surface area contributed by atoms with Crippen LogP contribution >= 0.6 is 11.3 Å². The maximum absolute atomic E-state index is 12.0. The van der Waals surface area contributed by atoms with E-state index in [1.165, 1.54) is 17.5 Å². The molecule has 2 aromatic heterocycles. The molecule has 0 bridgehead atoms. The van der Waals surface area contributed by atoms with Gasteiger partial charge in [0.05, 0.1) is 6.20 Å². The van der Waals surface area contributed by atoms with Crippen molar-refractivity contribution in [2.24, 2.45) is 0 Å². The molecular weight excluding hydrogens is 292 g/mol. The average molecular weight is 306 g/mol. The largest absolute Gasteiger partial charge is 0.481 e. The summed E-state index contributed by atoms with van der Waals surface area (Å²) in [5.41, 5.74) is 0. The first kappa shape index (κ1) is 15.0. The van der Waals surface area contributed by atoms with Crippen molar-refractivity contribution in [3.63, 3.8) is 0 Å². The van der Waals surface area contributed by atoms with E-state index in [0.717, 1.165) is 0 Å². The summed E-state index contributed by atoms with van der Waals surface area (Å²) in [6, 6.07) is 1.49. The highest BCUT2D eigenvalue weighted by atomic mass is 32.1. The lowest BCUT2D eigenvalue weighted by Crippen LogP contribution is -2.32. The summed E-state index contributed by atoms with van der Waals surface area (Å²) >= 11 is 1.20. The Morgan fingerprint density at radius 3 is 2.71 bits per heavy atom. The van der Waals surface area contributed by atoms with Gasteiger partial charge in [-0.15, -0.1) is 11.3 Å². The molecule has 1 atom stereocenters. The van der Waals surface area contributed by atoms with Crippen molar-refractivity contribution in [3.05, 3.63) is 29.5 Å². The molecule has 2 heterocycles.